The maximum atomic E-state index is 9.47. The summed E-state index contributed by atoms with van der Waals surface area (Å²) in [5.41, 5.74) is 1.08. The van der Waals surface area contributed by atoms with Gasteiger partial charge in [0, 0.05) is 17.3 Å². The maximum Gasteiger partial charge on any atom is 0.0832 e. The molecule has 18 heavy (non-hydrogen) atoms. The number of aliphatic hydroxyl groups excluding tert-OH is 2. The van der Waals surface area contributed by atoms with Crippen LogP contribution in [-0.2, 0) is 0 Å². The van der Waals surface area contributed by atoms with Crippen LogP contribution in [0.3, 0.4) is 0 Å². The van der Waals surface area contributed by atoms with E-state index in [1.807, 2.05) is 37.3 Å². The van der Waals surface area contributed by atoms with Gasteiger partial charge in [0.1, 0.15) is 0 Å². The van der Waals surface area contributed by atoms with Crippen molar-refractivity contribution in [3.05, 3.63) is 36.5 Å². The third kappa shape index (κ3) is 2.30. The van der Waals surface area contributed by atoms with Crippen molar-refractivity contribution in [1.29, 1.82) is 0 Å². The molecule has 0 saturated heterocycles. The molecule has 0 fully saturated rings. The van der Waals surface area contributed by atoms with Crippen LogP contribution >= 0.6 is 0 Å². The maximum absolute atomic E-state index is 9.47. The summed E-state index contributed by atoms with van der Waals surface area (Å²) >= 11 is 0. The SMILES string of the molecule is CCC(CO)(CO)Nc1ccnc2ccccc12. The summed E-state index contributed by atoms with van der Waals surface area (Å²) in [4.78, 5) is 4.28. The van der Waals surface area contributed by atoms with E-state index in [0.717, 1.165) is 16.6 Å². The Morgan fingerprint density at radius 1 is 1.17 bits per heavy atom. The smallest absolute Gasteiger partial charge is 0.0832 e. The van der Waals surface area contributed by atoms with Crippen molar-refractivity contribution in [2.24, 2.45) is 0 Å². The fourth-order valence-electron chi connectivity index (χ4n) is 1.93. The summed E-state index contributed by atoms with van der Waals surface area (Å²) in [6.07, 6.45) is 2.36. The van der Waals surface area contributed by atoms with Gasteiger partial charge in [0.2, 0.25) is 0 Å². The minimum Gasteiger partial charge on any atom is -0.394 e. The van der Waals surface area contributed by atoms with Gasteiger partial charge in [0.05, 0.1) is 24.3 Å². The van der Waals surface area contributed by atoms with Crippen molar-refractivity contribution in [2.45, 2.75) is 18.9 Å². The predicted molar refractivity (Wildman–Crippen MR) is 72.6 cm³/mol. The van der Waals surface area contributed by atoms with E-state index < -0.39 is 5.54 Å². The fourth-order valence-corrected chi connectivity index (χ4v) is 1.93. The normalized spacial score (nSPS) is 11.7. The molecule has 0 bridgehead atoms. The van der Waals surface area contributed by atoms with Crippen molar-refractivity contribution in [1.82, 2.24) is 4.98 Å². The van der Waals surface area contributed by atoms with Gasteiger partial charge in [-0.25, -0.2) is 0 Å². The number of pyridine rings is 1. The van der Waals surface area contributed by atoms with E-state index in [9.17, 15) is 10.2 Å². The van der Waals surface area contributed by atoms with Crippen LogP contribution in [0.4, 0.5) is 5.69 Å². The van der Waals surface area contributed by atoms with Gasteiger partial charge in [0.25, 0.3) is 0 Å². The molecule has 0 unspecified atom stereocenters. The zero-order valence-corrected chi connectivity index (χ0v) is 10.4. The van der Waals surface area contributed by atoms with Crippen LogP contribution in [0.15, 0.2) is 36.5 Å². The Balaban J connectivity index is 2.42. The van der Waals surface area contributed by atoms with Crippen molar-refractivity contribution < 1.29 is 10.2 Å². The van der Waals surface area contributed by atoms with E-state index in [-0.39, 0.29) is 13.2 Å². The lowest BCUT2D eigenvalue weighted by Crippen LogP contribution is -2.45. The first-order valence-corrected chi connectivity index (χ1v) is 6.08. The summed E-state index contributed by atoms with van der Waals surface area (Å²) in [6.45, 7) is 1.70. The lowest BCUT2D eigenvalue weighted by Gasteiger charge is -2.31. The minimum absolute atomic E-state index is 0.114. The molecule has 0 radical (unpaired) electrons. The number of hydrogen-bond donors (Lipinski definition) is 3. The second-order valence-corrected chi connectivity index (χ2v) is 4.45. The van der Waals surface area contributed by atoms with Crippen molar-refractivity contribution >= 4 is 16.6 Å². The highest BCUT2D eigenvalue weighted by Crippen LogP contribution is 2.25. The van der Waals surface area contributed by atoms with Crippen LogP contribution in [0.25, 0.3) is 10.9 Å². The highest BCUT2D eigenvalue weighted by Gasteiger charge is 2.26. The molecule has 0 amide bonds. The zero-order chi connectivity index (χ0) is 13.0. The number of benzene rings is 1. The molecule has 0 aliphatic heterocycles. The summed E-state index contributed by atoms with van der Waals surface area (Å²) < 4.78 is 0. The number of para-hydroxylation sites is 1. The Morgan fingerprint density at radius 2 is 1.89 bits per heavy atom. The Bertz CT molecular complexity index is 510. The largest absolute Gasteiger partial charge is 0.394 e. The molecule has 4 nitrogen and oxygen atoms in total. The van der Waals surface area contributed by atoms with Crippen LogP contribution in [0, 0.1) is 0 Å². The van der Waals surface area contributed by atoms with Crippen LogP contribution < -0.4 is 5.32 Å². The third-order valence-corrected chi connectivity index (χ3v) is 3.33. The number of fused-ring (bicyclic) bond motifs is 1. The summed E-state index contributed by atoms with van der Waals surface area (Å²) in [5, 5.41) is 23.2. The number of hydrogen-bond acceptors (Lipinski definition) is 4. The molecule has 1 aromatic carbocycles. The van der Waals surface area contributed by atoms with E-state index in [2.05, 4.69) is 10.3 Å². The molecule has 0 saturated carbocycles. The number of nitrogens with one attached hydrogen (secondary N) is 1. The highest BCUT2D eigenvalue weighted by atomic mass is 16.3. The summed E-state index contributed by atoms with van der Waals surface area (Å²) in [7, 11) is 0. The fraction of sp³-hybridized carbons (Fsp3) is 0.357. The zero-order valence-electron chi connectivity index (χ0n) is 10.4. The van der Waals surface area contributed by atoms with Crippen LogP contribution in [0.2, 0.25) is 0 Å². The van der Waals surface area contributed by atoms with Gasteiger partial charge in [-0.3, -0.25) is 4.98 Å². The first-order valence-electron chi connectivity index (χ1n) is 6.08. The molecular formula is C14H18N2O2. The lowest BCUT2D eigenvalue weighted by atomic mass is 9.97. The standard InChI is InChI=1S/C14H18N2O2/c1-2-14(9-17,10-18)16-13-7-8-15-12-6-4-3-5-11(12)13/h3-8,17-18H,2,9-10H2,1H3,(H,15,16). The van der Waals surface area contributed by atoms with Gasteiger partial charge in [-0.2, -0.15) is 0 Å². The Labute approximate surface area is 106 Å². The molecule has 2 aromatic rings. The van der Waals surface area contributed by atoms with Gasteiger partial charge in [-0.15, -0.1) is 0 Å². The van der Waals surface area contributed by atoms with Crippen molar-refractivity contribution in [3.63, 3.8) is 0 Å². The predicted octanol–water partition coefficient (Wildman–Crippen LogP) is 1.78. The van der Waals surface area contributed by atoms with Gasteiger partial charge >= 0.3 is 0 Å². The average molecular weight is 246 g/mol. The van der Waals surface area contributed by atoms with Gasteiger partial charge in [-0.05, 0) is 18.6 Å². The molecular weight excluding hydrogens is 228 g/mol. The lowest BCUT2D eigenvalue weighted by molar-refractivity contribution is 0.132. The molecule has 0 aliphatic carbocycles. The van der Waals surface area contributed by atoms with Crippen molar-refractivity contribution in [3.8, 4) is 0 Å². The van der Waals surface area contributed by atoms with Gasteiger partial charge in [-0.1, -0.05) is 25.1 Å². The summed E-state index contributed by atoms with van der Waals surface area (Å²) in [6, 6.07) is 9.65. The second kappa shape index (κ2) is 5.33. The molecule has 1 aromatic heterocycles. The quantitative estimate of drug-likeness (QED) is 0.752. The number of aliphatic hydroxyl groups is 2. The molecule has 0 atom stereocenters. The number of rotatable bonds is 5. The number of nitrogens with zero attached hydrogens (tertiary/aromatic N) is 1. The Hall–Kier alpha value is -1.65. The Kier molecular flexibility index (Phi) is 3.79. The molecule has 0 spiro atoms. The first kappa shape index (κ1) is 12.8. The Morgan fingerprint density at radius 3 is 2.56 bits per heavy atom. The molecule has 1 heterocycles. The van der Waals surface area contributed by atoms with Crippen LogP contribution in [0.5, 0.6) is 0 Å². The molecule has 0 aliphatic rings. The highest BCUT2D eigenvalue weighted by molar-refractivity contribution is 5.91. The van der Waals surface area contributed by atoms with Crippen LogP contribution in [0.1, 0.15) is 13.3 Å². The second-order valence-electron chi connectivity index (χ2n) is 4.45. The number of aromatic nitrogens is 1. The van der Waals surface area contributed by atoms with E-state index in [1.165, 1.54) is 0 Å². The van der Waals surface area contributed by atoms with Crippen LogP contribution in [-0.4, -0.2) is 33.9 Å². The third-order valence-electron chi connectivity index (χ3n) is 3.33. The summed E-state index contributed by atoms with van der Waals surface area (Å²) in [5.74, 6) is 0. The monoisotopic (exact) mass is 246 g/mol. The van der Waals surface area contributed by atoms with E-state index in [0.29, 0.717) is 6.42 Å². The van der Waals surface area contributed by atoms with Crippen molar-refractivity contribution in [2.75, 3.05) is 18.5 Å². The number of anilines is 1. The van der Waals surface area contributed by atoms with E-state index in [1.54, 1.807) is 6.20 Å². The average Bonchev–Trinajstić information content (AvgIpc) is 2.45. The van der Waals surface area contributed by atoms with Gasteiger partial charge < -0.3 is 15.5 Å². The first-order chi connectivity index (χ1) is 8.74. The molecule has 2 rings (SSSR count). The van der Waals surface area contributed by atoms with E-state index in [4.69, 9.17) is 0 Å². The molecule has 4 heteroatoms. The molecule has 96 valence electrons. The van der Waals surface area contributed by atoms with Gasteiger partial charge in [0.15, 0.2) is 0 Å². The minimum atomic E-state index is -0.690. The molecule has 3 N–H and O–H groups in total. The van der Waals surface area contributed by atoms with E-state index >= 15 is 0 Å². The topological polar surface area (TPSA) is 65.4 Å².